The minimum Gasteiger partial charge on any atom is -0.326 e. The third-order valence-electron chi connectivity index (χ3n) is 6.49. The Bertz CT molecular complexity index is 1220. The Balaban J connectivity index is 1.41. The molecule has 2 aliphatic rings. The molecule has 2 aromatic carbocycles. The molecule has 8 nitrogen and oxygen atoms in total. The molecule has 0 radical (unpaired) electrons. The fourth-order valence-electron chi connectivity index (χ4n) is 4.44. The van der Waals surface area contributed by atoms with Crippen molar-refractivity contribution in [2.75, 3.05) is 31.5 Å². The Kier molecular flexibility index (Phi) is 7.42. The number of amides is 1. The van der Waals surface area contributed by atoms with Crippen molar-refractivity contribution in [1.29, 1.82) is 0 Å². The number of carbonyl (C=O) groups excluding carboxylic acids is 1. The van der Waals surface area contributed by atoms with Gasteiger partial charge in [0.2, 0.25) is 26.0 Å². The molecule has 0 unspecified atom stereocenters. The summed E-state index contributed by atoms with van der Waals surface area (Å²) in [7, 11) is -7.20. The molecule has 0 spiro atoms. The molecule has 1 amide bonds. The second-order valence-electron chi connectivity index (χ2n) is 8.99. The molecule has 10 heteroatoms. The van der Waals surface area contributed by atoms with E-state index in [0.717, 1.165) is 24.8 Å². The van der Waals surface area contributed by atoms with Gasteiger partial charge in [0, 0.05) is 31.9 Å². The van der Waals surface area contributed by atoms with E-state index in [1.54, 1.807) is 36.4 Å². The summed E-state index contributed by atoms with van der Waals surface area (Å²) >= 11 is 0. The van der Waals surface area contributed by atoms with E-state index in [1.165, 1.54) is 20.7 Å². The summed E-state index contributed by atoms with van der Waals surface area (Å²) < 4.78 is 54.5. The normalized spacial score (nSPS) is 20.7. The van der Waals surface area contributed by atoms with E-state index >= 15 is 0 Å². The molecule has 184 valence electrons. The zero-order chi connectivity index (χ0) is 24.3. The number of piperidine rings is 2. The molecule has 0 aromatic heterocycles. The molecule has 2 aliphatic heterocycles. The van der Waals surface area contributed by atoms with E-state index < -0.39 is 26.0 Å². The number of nitrogens with one attached hydrogen (secondary N) is 1. The maximum atomic E-state index is 13.0. The van der Waals surface area contributed by atoms with Gasteiger partial charge in [-0.3, -0.25) is 4.79 Å². The number of sulfonamides is 2. The topological polar surface area (TPSA) is 104 Å². The van der Waals surface area contributed by atoms with Gasteiger partial charge >= 0.3 is 0 Å². The second-order valence-corrected chi connectivity index (χ2v) is 12.9. The highest BCUT2D eigenvalue weighted by atomic mass is 32.2. The van der Waals surface area contributed by atoms with Crippen molar-refractivity contribution >= 4 is 31.6 Å². The Morgan fingerprint density at radius 1 is 0.765 bits per heavy atom. The summed E-state index contributed by atoms with van der Waals surface area (Å²) in [6.45, 7) is 3.45. The smallest absolute Gasteiger partial charge is 0.243 e. The molecule has 0 saturated carbocycles. The van der Waals surface area contributed by atoms with Crippen LogP contribution in [0.1, 0.15) is 37.7 Å². The average molecular weight is 506 g/mol. The first-order valence-electron chi connectivity index (χ1n) is 11.7. The van der Waals surface area contributed by atoms with Crippen LogP contribution >= 0.6 is 0 Å². The summed E-state index contributed by atoms with van der Waals surface area (Å²) in [6.07, 6.45) is 3.96. The zero-order valence-electron chi connectivity index (χ0n) is 19.3. The molecule has 4 rings (SSSR count). The maximum absolute atomic E-state index is 13.0. The Morgan fingerprint density at radius 3 is 1.91 bits per heavy atom. The third-order valence-corrected chi connectivity index (χ3v) is 10.3. The van der Waals surface area contributed by atoms with Crippen LogP contribution in [0, 0.1) is 12.8 Å². The lowest BCUT2D eigenvalue weighted by Crippen LogP contribution is -2.43. The minimum atomic E-state index is -3.67. The summed E-state index contributed by atoms with van der Waals surface area (Å²) in [4.78, 5) is 13.3. The first kappa shape index (κ1) is 24.8. The van der Waals surface area contributed by atoms with Crippen molar-refractivity contribution in [3.05, 3.63) is 54.1 Å². The zero-order valence-corrected chi connectivity index (χ0v) is 20.9. The Hall–Kier alpha value is -2.27. The Morgan fingerprint density at radius 2 is 1.29 bits per heavy atom. The Labute approximate surface area is 202 Å². The number of aryl methyl sites for hydroxylation is 1. The minimum absolute atomic E-state index is 0.115. The fraction of sp³-hybridized carbons (Fsp3) is 0.458. The molecule has 1 N–H and O–H groups in total. The van der Waals surface area contributed by atoms with Crippen molar-refractivity contribution in [2.24, 2.45) is 5.92 Å². The van der Waals surface area contributed by atoms with Crippen LogP contribution in [-0.2, 0) is 24.8 Å². The molecule has 2 aromatic rings. The molecule has 1 atom stereocenters. The van der Waals surface area contributed by atoms with Crippen molar-refractivity contribution < 1.29 is 21.6 Å². The van der Waals surface area contributed by atoms with Crippen molar-refractivity contribution in [3.8, 4) is 0 Å². The SMILES string of the molecule is Cc1ccc(S(=O)(=O)N2CCC[C@@H](C(=O)Nc3ccc(S(=O)(=O)N4CCCCC4)cc3)C2)cc1. The lowest BCUT2D eigenvalue weighted by molar-refractivity contribution is -0.120. The lowest BCUT2D eigenvalue weighted by atomic mass is 9.99. The van der Waals surface area contributed by atoms with E-state index in [-0.39, 0.29) is 22.2 Å². The summed E-state index contributed by atoms with van der Waals surface area (Å²) in [5, 5.41) is 2.82. The number of nitrogens with zero attached hydrogens (tertiary/aromatic N) is 2. The van der Waals surface area contributed by atoms with Gasteiger partial charge in [-0.25, -0.2) is 16.8 Å². The molecule has 2 saturated heterocycles. The highest BCUT2D eigenvalue weighted by molar-refractivity contribution is 7.89. The standard InChI is InChI=1S/C24H31N3O5S2/c1-19-7-11-22(12-8-19)34(31,32)27-17-5-6-20(18-27)24(28)25-21-9-13-23(14-10-21)33(29,30)26-15-3-2-4-16-26/h7-14,20H,2-6,15-18H2,1H3,(H,25,28)/t20-/m1/s1. The molecule has 34 heavy (non-hydrogen) atoms. The number of benzene rings is 2. The largest absolute Gasteiger partial charge is 0.326 e. The molecular formula is C24H31N3O5S2. The number of anilines is 1. The van der Waals surface area contributed by atoms with Gasteiger partial charge in [0.1, 0.15) is 0 Å². The highest BCUT2D eigenvalue weighted by Crippen LogP contribution is 2.26. The lowest BCUT2D eigenvalue weighted by Gasteiger charge is -2.31. The maximum Gasteiger partial charge on any atom is 0.243 e. The molecule has 2 fully saturated rings. The van der Waals surface area contributed by atoms with Gasteiger partial charge in [-0.2, -0.15) is 8.61 Å². The van der Waals surface area contributed by atoms with Crippen LogP contribution in [-0.4, -0.2) is 57.5 Å². The van der Waals surface area contributed by atoms with Crippen LogP contribution in [0.3, 0.4) is 0 Å². The van der Waals surface area contributed by atoms with E-state index in [4.69, 9.17) is 0 Å². The first-order chi connectivity index (χ1) is 16.2. The first-order valence-corrected chi connectivity index (χ1v) is 14.5. The van der Waals surface area contributed by atoms with Crippen molar-refractivity contribution in [1.82, 2.24) is 8.61 Å². The third kappa shape index (κ3) is 5.35. The van der Waals surface area contributed by atoms with Crippen LogP contribution in [0.5, 0.6) is 0 Å². The number of rotatable bonds is 6. The molecule has 0 bridgehead atoms. The van der Waals surface area contributed by atoms with Crippen LogP contribution < -0.4 is 5.32 Å². The van der Waals surface area contributed by atoms with Gasteiger partial charge < -0.3 is 5.32 Å². The van der Waals surface area contributed by atoms with Gasteiger partial charge in [0.25, 0.3) is 0 Å². The van der Waals surface area contributed by atoms with E-state index in [0.29, 0.717) is 38.2 Å². The average Bonchev–Trinajstić information content (AvgIpc) is 2.85. The van der Waals surface area contributed by atoms with Gasteiger partial charge in [-0.05, 0) is 69.0 Å². The molecule has 0 aliphatic carbocycles. The number of hydrogen-bond acceptors (Lipinski definition) is 5. The van der Waals surface area contributed by atoms with Gasteiger partial charge in [0.15, 0.2) is 0 Å². The van der Waals surface area contributed by atoms with Crippen molar-refractivity contribution in [3.63, 3.8) is 0 Å². The van der Waals surface area contributed by atoms with Gasteiger partial charge in [0.05, 0.1) is 15.7 Å². The number of hydrogen-bond donors (Lipinski definition) is 1. The van der Waals surface area contributed by atoms with E-state index in [2.05, 4.69) is 5.32 Å². The number of carbonyl (C=O) groups is 1. The second kappa shape index (κ2) is 10.2. The van der Waals surface area contributed by atoms with Crippen LogP contribution in [0.2, 0.25) is 0 Å². The predicted molar refractivity (Wildman–Crippen MR) is 130 cm³/mol. The predicted octanol–water partition coefficient (Wildman–Crippen LogP) is 3.21. The summed E-state index contributed by atoms with van der Waals surface area (Å²) in [6, 6.07) is 12.9. The fourth-order valence-corrected chi connectivity index (χ4v) is 7.48. The van der Waals surface area contributed by atoms with E-state index in [9.17, 15) is 21.6 Å². The molecule has 2 heterocycles. The van der Waals surface area contributed by atoms with Crippen LogP contribution in [0.25, 0.3) is 0 Å². The summed E-state index contributed by atoms with van der Waals surface area (Å²) in [5.74, 6) is -0.749. The van der Waals surface area contributed by atoms with E-state index in [1.807, 2.05) is 6.92 Å². The van der Waals surface area contributed by atoms with Gasteiger partial charge in [-0.15, -0.1) is 0 Å². The van der Waals surface area contributed by atoms with Gasteiger partial charge in [-0.1, -0.05) is 24.1 Å². The highest BCUT2D eigenvalue weighted by Gasteiger charge is 2.33. The van der Waals surface area contributed by atoms with Crippen LogP contribution in [0.15, 0.2) is 58.3 Å². The monoisotopic (exact) mass is 505 g/mol. The summed E-state index contributed by atoms with van der Waals surface area (Å²) in [5.41, 5.74) is 1.46. The van der Waals surface area contributed by atoms with Crippen molar-refractivity contribution in [2.45, 2.75) is 48.8 Å². The van der Waals surface area contributed by atoms with Crippen LogP contribution in [0.4, 0.5) is 5.69 Å². The molecular weight excluding hydrogens is 474 g/mol. The quantitative estimate of drug-likeness (QED) is 0.649.